The first-order chi connectivity index (χ1) is 12.5. The minimum Gasteiger partial charge on any atom is -0.339 e. The number of amides is 2. The topological polar surface area (TPSA) is 88.4 Å². The first-order valence-corrected chi connectivity index (χ1v) is 8.86. The van der Waals surface area contributed by atoms with Crippen molar-refractivity contribution in [2.24, 2.45) is 5.92 Å². The van der Waals surface area contributed by atoms with Gasteiger partial charge in [0.25, 0.3) is 5.56 Å². The summed E-state index contributed by atoms with van der Waals surface area (Å²) in [4.78, 5) is 40.3. The van der Waals surface area contributed by atoms with E-state index in [0.29, 0.717) is 37.1 Å². The second-order valence-electron chi connectivity index (χ2n) is 6.75. The summed E-state index contributed by atoms with van der Waals surface area (Å²) in [6.07, 6.45) is 0.186. The van der Waals surface area contributed by atoms with Gasteiger partial charge in [-0.2, -0.15) is 0 Å². The van der Waals surface area contributed by atoms with Gasteiger partial charge in [-0.05, 0) is 12.1 Å². The number of carbonyl (C=O) groups is 2. The van der Waals surface area contributed by atoms with Crippen molar-refractivity contribution in [1.82, 2.24) is 24.8 Å². The van der Waals surface area contributed by atoms with Crippen LogP contribution in [-0.4, -0.2) is 62.8 Å². The molecule has 0 spiro atoms. The van der Waals surface area contributed by atoms with Crippen molar-refractivity contribution in [2.75, 3.05) is 26.2 Å². The van der Waals surface area contributed by atoms with Gasteiger partial charge in [0.2, 0.25) is 11.8 Å². The van der Waals surface area contributed by atoms with E-state index in [-0.39, 0.29) is 36.3 Å². The predicted octanol–water partition coefficient (Wildman–Crippen LogP) is 0.508. The lowest BCUT2D eigenvalue weighted by Crippen LogP contribution is -2.51. The fourth-order valence-corrected chi connectivity index (χ4v) is 3.07. The Morgan fingerprint density at radius 3 is 2.42 bits per heavy atom. The molecule has 3 rings (SSSR count). The average molecular weight is 357 g/mol. The summed E-state index contributed by atoms with van der Waals surface area (Å²) in [5, 5.41) is 8.43. The molecule has 2 aromatic rings. The third-order valence-corrected chi connectivity index (χ3v) is 4.60. The molecule has 0 aliphatic carbocycles. The quantitative estimate of drug-likeness (QED) is 0.795. The Bertz CT molecular complexity index is 869. The maximum absolute atomic E-state index is 12.4. The maximum atomic E-state index is 12.4. The number of nitrogens with zero attached hydrogens (tertiary/aromatic N) is 5. The largest absolute Gasteiger partial charge is 0.339 e. The van der Waals surface area contributed by atoms with Gasteiger partial charge < -0.3 is 9.80 Å². The van der Waals surface area contributed by atoms with E-state index in [4.69, 9.17) is 0 Å². The number of fused-ring (bicyclic) bond motifs is 1. The molecule has 8 nitrogen and oxygen atoms in total. The van der Waals surface area contributed by atoms with Crippen LogP contribution in [-0.2, 0) is 16.1 Å². The van der Waals surface area contributed by atoms with E-state index in [2.05, 4.69) is 10.3 Å². The van der Waals surface area contributed by atoms with Gasteiger partial charge in [0.1, 0.15) is 5.52 Å². The van der Waals surface area contributed by atoms with E-state index in [1.165, 1.54) is 4.68 Å². The molecule has 1 aliphatic heterocycles. The number of benzene rings is 1. The van der Waals surface area contributed by atoms with E-state index in [9.17, 15) is 14.4 Å². The Kier molecular flexibility index (Phi) is 5.29. The highest BCUT2D eigenvalue weighted by atomic mass is 16.2. The lowest BCUT2D eigenvalue weighted by atomic mass is 10.1. The monoisotopic (exact) mass is 357 g/mol. The van der Waals surface area contributed by atoms with Crippen molar-refractivity contribution in [3.05, 3.63) is 34.6 Å². The third-order valence-electron chi connectivity index (χ3n) is 4.60. The van der Waals surface area contributed by atoms with Crippen molar-refractivity contribution >= 4 is 22.7 Å². The Balaban J connectivity index is 1.58. The zero-order valence-corrected chi connectivity index (χ0v) is 15.1. The van der Waals surface area contributed by atoms with Crippen LogP contribution in [0.3, 0.4) is 0 Å². The van der Waals surface area contributed by atoms with Gasteiger partial charge in [-0.15, -0.1) is 5.10 Å². The highest BCUT2D eigenvalue weighted by Crippen LogP contribution is 2.09. The molecule has 0 saturated carbocycles. The van der Waals surface area contributed by atoms with Crippen LogP contribution in [0.5, 0.6) is 0 Å². The lowest BCUT2D eigenvalue weighted by Gasteiger charge is -2.35. The van der Waals surface area contributed by atoms with Crippen molar-refractivity contribution in [3.8, 4) is 0 Å². The third kappa shape index (κ3) is 3.74. The molecule has 2 amide bonds. The zero-order chi connectivity index (χ0) is 18.7. The van der Waals surface area contributed by atoms with Crippen molar-refractivity contribution < 1.29 is 9.59 Å². The molecule has 0 radical (unpaired) electrons. The molecule has 0 unspecified atom stereocenters. The Hall–Kier alpha value is -2.77. The van der Waals surface area contributed by atoms with Crippen LogP contribution in [0.25, 0.3) is 10.9 Å². The number of aryl methyl sites for hydroxylation is 1. The number of carbonyl (C=O) groups excluding carboxylic acids is 2. The standard InChI is InChI=1S/C18H23N5O3/c1-13(2)17(25)22-11-9-21(10-12-22)16(24)7-8-23-18(26)14-5-3-4-6-15(14)19-20-23/h3-6,13H,7-12H2,1-2H3. The molecule has 1 aromatic heterocycles. The molecule has 26 heavy (non-hydrogen) atoms. The highest BCUT2D eigenvalue weighted by Gasteiger charge is 2.25. The molecule has 0 N–H and O–H groups in total. The van der Waals surface area contributed by atoms with Gasteiger partial charge in [0.15, 0.2) is 0 Å². The molecule has 1 aliphatic rings. The average Bonchev–Trinajstić information content (AvgIpc) is 2.67. The highest BCUT2D eigenvalue weighted by molar-refractivity contribution is 5.79. The van der Waals surface area contributed by atoms with E-state index < -0.39 is 0 Å². The van der Waals surface area contributed by atoms with Crippen LogP contribution >= 0.6 is 0 Å². The summed E-state index contributed by atoms with van der Waals surface area (Å²) in [7, 11) is 0. The molecule has 1 saturated heterocycles. The summed E-state index contributed by atoms with van der Waals surface area (Å²) in [5.74, 6) is 0.0502. The number of hydrogen-bond acceptors (Lipinski definition) is 5. The van der Waals surface area contributed by atoms with Gasteiger partial charge in [0, 0.05) is 38.5 Å². The maximum Gasteiger partial charge on any atom is 0.277 e. The van der Waals surface area contributed by atoms with E-state index in [1.54, 1.807) is 34.1 Å². The molecule has 1 fully saturated rings. The number of rotatable bonds is 4. The molecule has 8 heteroatoms. The first-order valence-electron chi connectivity index (χ1n) is 8.86. The van der Waals surface area contributed by atoms with Crippen molar-refractivity contribution in [2.45, 2.75) is 26.8 Å². The summed E-state index contributed by atoms with van der Waals surface area (Å²) in [6.45, 7) is 6.10. The van der Waals surface area contributed by atoms with Crippen LogP contribution in [0.2, 0.25) is 0 Å². The fourth-order valence-electron chi connectivity index (χ4n) is 3.07. The number of hydrogen-bond donors (Lipinski definition) is 0. The predicted molar refractivity (Wildman–Crippen MR) is 96.4 cm³/mol. The molecule has 2 heterocycles. The number of piperazine rings is 1. The van der Waals surface area contributed by atoms with Gasteiger partial charge >= 0.3 is 0 Å². The van der Waals surface area contributed by atoms with Crippen LogP contribution in [0.4, 0.5) is 0 Å². The summed E-state index contributed by atoms with van der Waals surface area (Å²) >= 11 is 0. The molecule has 0 atom stereocenters. The SMILES string of the molecule is CC(C)C(=O)N1CCN(C(=O)CCn2nnc3ccccc3c2=O)CC1. The Morgan fingerprint density at radius 1 is 1.08 bits per heavy atom. The first kappa shape index (κ1) is 18.0. The fraction of sp³-hybridized carbons (Fsp3) is 0.500. The van der Waals surface area contributed by atoms with E-state index in [0.717, 1.165) is 0 Å². The molecular weight excluding hydrogens is 334 g/mol. The summed E-state index contributed by atoms with van der Waals surface area (Å²) < 4.78 is 1.23. The van der Waals surface area contributed by atoms with Gasteiger partial charge in [-0.25, -0.2) is 4.68 Å². The smallest absolute Gasteiger partial charge is 0.277 e. The Morgan fingerprint density at radius 2 is 1.73 bits per heavy atom. The summed E-state index contributed by atoms with van der Waals surface area (Å²) in [6, 6.07) is 7.01. The lowest BCUT2D eigenvalue weighted by molar-refractivity contribution is -0.141. The Labute approximate surface area is 151 Å². The normalized spacial score (nSPS) is 14.9. The summed E-state index contributed by atoms with van der Waals surface area (Å²) in [5.41, 5.74) is 0.307. The minimum atomic E-state index is -0.240. The van der Waals surface area contributed by atoms with Crippen LogP contribution in [0, 0.1) is 5.92 Å². The van der Waals surface area contributed by atoms with Crippen LogP contribution in [0.1, 0.15) is 20.3 Å². The van der Waals surface area contributed by atoms with Crippen LogP contribution in [0.15, 0.2) is 29.1 Å². The van der Waals surface area contributed by atoms with Gasteiger partial charge in [0.05, 0.1) is 11.9 Å². The second kappa shape index (κ2) is 7.63. The molecule has 1 aromatic carbocycles. The van der Waals surface area contributed by atoms with E-state index in [1.807, 2.05) is 13.8 Å². The van der Waals surface area contributed by atoms with Crippen LogP contribution < -0.4 is 5.56 Å². The van der Waals surface area contributed by atoms with E-state index >= 15 is 0 Å². The minimum absolute atomic E-state index is 0.0318. The van der Waals surface area contributed by atoms with Gasteiger partial charge in [-0.1, -0.05) is 31.2 Å². The zero-order valence-electron chi connectivity index (χ0n) is 15.1. The van der Waals surface area contributed by atoms with Crippen molar-refractivity contribution in [1.29, 1.82) is 0 Å². The van der Waals surface area contributed by atoms with Crippen molar-refractivity contribution in [3.63, 3.8) is 0 Å². The molecular formula is C18H23N5O3. The van der Waals surface area contributed by atoms with Gasteiger partial charge in [-0.3, -0.25) is 14.4 Å². The molecule has 138 valence electrons. The second-order valence-corrected chi connectivity index (χ2v) is 6.75. The molecule has 0 bridgehead atoms. The number of aromatic nitrogens is 3.